The number of fused-ring (bicyclic) bond motifs is 1. The van der Waals surface area contributed by atoms with Crippen molar-refractivity contribution >= 4 is 51.7 Å². The summed E-state index contributed by atoms with van der Waals surface area (Å²) >= 11 is 2.59. The first-order valence-corrected chi connectivity index (χ1v) is 12.0. The number of nitrogens with zero attached hydrogens (tertiary/aromatic N) is 4. The summed E-state index contributed by atoms with van der Waals surface area (Å²) in [6, 6.07) is -0.933. The van der Waals surface area contributed by atoms with Crippen LogP contribution in [0.4, 0.5) is 5.13 Å². The maximum absolute atomic E-state index is 12.9. The lowest BCUT2D eigenvalue weighted by atomic mass is 9.99. The summed E-state index contributed by atoms with van der Waals surface area (Å²) in [5.41, 5.74) is 6.53. The van der Waals surface area contributed by atoms with E-state index in [-0.39, 0.29) is 28.3 Å². The molecule has 0 radical (unpaired) electrons. The number of nitrogens with two attached hydrogens (primary N) is 1. The van der Waals surface area contributed by atoms with Crippen molar-refractivity contribution in [2.24, 2.45) is 5.16 Å². The number of rotatable bonds is 7. The molecule has 172 valence electrons. The second-order valence-corrected chi connectivity index (χ2v) is 9.65. The summed E-state index contributed by atoms with van der Waals surface area (Å²) in [6.45, 7) is 3.82. The highest BCUT2D eigenvalue weighted by atomic mass is 32.2. The molecule has 1 aromatic rings. The van der Waals surface area contributed by atoms with E-state index in [0.29, 0.717) is 5.75 Å². The Balaban J connectivity index is 1.53. The zero-order valence-corrected chi connectivity index (χ0v) is 19.2. The molecule has 0 saturated carbocycles. The minimum absolute atomic E-state index is 0.0294. The smallest absolute Gasteiger partial charge is 0.352 e. The summed E-state index contributed by atoms with van der Waals surface area (Å²) in [6.07, 6.45) is 2.17. The van der Waals surface area contributed by atoms with Crippen molar-refractivity contribution in [3.05, 3.63) is 22.3 Å². The molecule has 4 heterocycles. The van der Waals surface area contributed by atoms with Crippen LogP contribution in [0.1, 0.15) is 25.5 Å². The first-order valence-electron chi connectivity index (χ1n) is 10.1. The molecule has 2 fully saturated rings. The highest BCUT2D eigenvalue weighted by molar-refractivity contribution is 8.00. The van der Waals surface area contributed by atoms with Crippen molar-refractivity contribution in [1.82, 2.24) is 20.1 Å². The number of aromatic nitrogens is 1. The molecule has 13 heteroatoms. The standard InChI is InChI=1S/C19H24N6O5S2/c1-9(24-5-3-4-6-24)10-7-31-17-13(16(27)25(17)14(10)18(28)29)22-15(26)12(23-30-2)11-8-32-19(20)21-11/h8-9,13,17H,3-7H2,1-2H3,(H2,20,21)(H,22,26)(H,28,29)/t9?,13-,17-/m1/s1. The Kier molecular flexibility index (Phi) is 6.40. The number of aliphatic carboxylic acids is 1. The van der Waals surface area contributed by atoms with Crippen molar-refractivity contribution in [2.45, 2.75) is 37.2 Å². The zero-order valence-electron chi connectivity index (χ0n) is 17.6. The van der Waals surface area contributed by atoms with Crippen LogP contribution in [0.2, 0.25) is 0 Å². The molecule has 3 aliphatic rings. The van der Waals surface area contributed by atoms with Gasteiger partial charge in [-0.2, -0.15) is 0 Å². The van der Waals surface area contributed by atoms with Crippen LogP contribution in [-0.2, 0) is 19.2 Å². The van der Waals surface area contributed by atoms with Crippen molar-refractivity contribution in [2.75, 3.05) is 31.7 Å². The molecule has 11 nitrogen and oxygen atoms in total. The van der Waals surface area contributed by atoms with E-state index in [9.17, 15) is 19.5 Å². The van der Waals surface area contributed by atoms with E-state index in [1.165, 1.54) is 23.8 Å². The Bertz CT molecular complexity index is 1000. The SMILES string of the molecule is CON=C(C(=O)N[C@@H]1C(=O)N2C(C(=O)O)=C(C(C)N3CCCC3)CS[C@H]12)c1csc(N)n1. The predicted octanol–water partition coefficient (Wildman–Crippen LogP) is 0.299. The number of nitrogens with one attached hydrogen (secondary N) is 1. The Morgan fingerprint density at radius 3 is 2.72 bits per heavy atom. The van der Waals surface area contributed by atoms with Gasteiger partial charge in [-0.05, 0) is 38.4 Å². The fourth-order valence-corrected chi connectivity index (χ4v) is 6.22. The predicted molar refractivity (Wildman–Crippen MR) is 120 cm³/mol. The number of likely N-dealkylation sites (tertiary alicyclic amines) is 1. The lowest BCUT2D eigenvalue weighted by Crippen LogP contribution is -2.71. The van der Waals surface area contributed by atoms with Gasteiger partial charge in [0.2, 0.25) is 0 Å². The number of carbonyl (C=O) groups is 3. The number of carboxylic acid groups (broad SMARTS) is 1. The third-order valence-corrected chi connectivity index (χ3v) is 7.82. The Morgan fingerprint density at radius 2 is 2.12 bits per heavy atom. The highest BCUT2D eigenvalue weighted by Crippen LogP contribution is 2.42. The first-order chi connectivity index (χ1) is 15.3. The normalized spacial score (nSPS) is 24.8. The van der Waals surface area contributed by atoms with Crippen LogP contribution < -0.4 is 11.1 Å². The Labute approximate surface area is 192 Å². The third-order valence-electron chi connectivity index (χ3n) is 5.84. The molecule has 4 rings (SSSR count). The van der Waals surface area contributed by atoms with E-state index < -0.39 is 29.2 Å². The monoisotopic (exact) mass is 480 g/mol. The van der Waals surface area contributed by atoms with Crippen LogP contribution >= 0.6 is 23.1 Å². The molecular weight excluding hydrogens is 456 g/mol. The van der Waals surface area contributed by atoms with Crippen LogP contribution in [0.15, 0.2) is 21.8 Å². The molecule has 2 amide bonds. The molecule has 1 unspecified atom stereocenters. The van der Waals surface area contributed by atoms with Crippen LogP contribution in [0.3, 0.4) is 0 Å². The van der Waals surface area contributed by atoms with E-state index in [4.69, 9.17) is 10.6 Å². The number of thioether (sulfide) groups is 1. The van der Waals surface area contributed by atoms with Gasteiger partial charge in [0.1, 0.15) is 29.9 Å². The van der Waals surface area contributed by atoms with Gasteiger partial charge in [-0.3, -0.25) is 19.4 Å². The van der Waals surface area contributed by atoms with Gasteiger partial charge in [0, 0.05) is 17.2 Å². The lowest BCUT2D eigenvalue weighted by Gasteiger charge is -2.50. The van der Waals surface area contributed by atoms with E-state index >= 15 is 0 Å². The number of oxime groups is 1. The van der Waals surface area contributed by atoms with Gasteiger partial charge in [-0.1, -0.05) is 5.16 Å². The number of hydrogen-bond donors (Lipinski definition) is 3. The summed E-state index contributed by atoms with van der Waals surface area (Å²) in [7, 11) is 1.29. The van der Waals surface area contributed by atoms with Gasteiger partial charge >= 0.3 is 5.97 Å². The number of anilines is 1. The number of carboxylic acids is 1. The fourth-order valence-electron chi connectivity index (χ4n) is 4.21. The van der Waals surface area contributed by atoms with Gasteiger partial charge in [-0.15, -0.1) is 23.1 Å². The van der Waals surface area contributed by atoms with Gasteiger partial charge < -0.3 is 21.0 Å². The second kappa shape index (κ2) is 9.08. The largest absolute Gasteiger partial charge is 0.477 e. The molecule has 0 aromatic carbocycles. The van der Waals surface area contributed by atoms with Crippen molar-refractivity contribution in [1.29, 1.82) is 0 Å². The van der Waals surface area contributed by atoms with Gasteiger partial charge in [0.05, 0.1) is 0 Å². The molecule has 32 heavy (non-hydrogen) atoms. The first kappa shape index (κ1) is 22.6. The summed E-state index contributed by atoms with van der Waals surface area (Å²) in [5, 5.41) is 17.6. The fraction of sp³-hybridized carbons (Fsp3) is 0.526. The molecular formula is C19H24N6O5S2. The molecule has 4 N–H and O–H groups in total. The average molecular weight is 481 g/mol. The van der Waals surface area contributed by atoms with E-state index in [2.05, 4.69) is 20.4 Å². The van der Waals surface area contributed by atoms with Crippen LogP contribution in [0.25, 0.3) is 0 Å². The summed E-state index contributed by atoms with van der Waals surface area (Å²) in [4.78, 5) is 50.2. The maximum Gasteiger partial charge on any atom is 0.352 e. The maximum atomic E-state index is 12.9. The number of amides is 2. The van der Waals surface area contributed by atoms with Crippen molar-refractivity contribution < 1.29 is 24.3 Å². The van der Waals surface area contributed by atoms with Gasteiger partial charge in [-0.25, -0.2) is 9.78 Å². The number of thiazole rings is 1. The molecule has 0 spiro atoms. The van der Waals surface area contributed by atoms with Crippen molar-refractivity contribution in [3.8, 4) is 0 Å². The molecule has 3 atom stereocenters. The van der Waals surface area contributed by atoms with E-state index in [0.717, 1.165) is 42.8 Å². The number of nitrogen functional groups attached to an aromatic ring is 1. The van der Waals surface area contributed by atoms with E-state index in [1.807, 2.05) is 6.92 Å². The lowest BCUT2D eigenvalue weighted by molar-refractivity contribution is -0.150. The number of carbonyl (C=O) groups excluding carboxylic acids is 2. The van der Waals surface area contributed by atoms with Crippen LogP contribution in [0, 0.1) is 0 Å². The highest BCUT2D eigenvalue weighted by Gasteiger charge is 2.55. The zero-order chi connectivity index (χ0) is 23.0. The Morgan fingerprint density at radius 1 is 1.41 bits per heavy atom. The van der Waals surface area contributed by atoms with E-state index in [1.54, 1.807) is 5.38 Å². The second-order valence-electron chi connectivity index (χ2n) is 7.65. The number of hydrogen-bond acceptors (Lipinski definition) is 10. The number of β-lactam (4-membered cyclic amide) rings is 1. The molecule has 0 aliphatic carbocycles. The minimum atomic E-state index is -1.13. The van der Waals surface area contributed by atoms with Gasteiger partial charge in [0.25, 0.3) is 11.8 Å². The quantitative estimate of drug-likeness (QED) is 0.284. The van der Waals surface area contributed by atoms with Crippen LogP contribution in [-0.4, -0.2) is 86.8 Å². The molecule has 3 aliphatic heterocycles. The minimum Gasteiger partial charge on any atom is -0.477 e. The van der Waals surface area contributed by atoms with Gasteiger partial charge in [0.15, 0.2) is 10.8 Å². The summed E-state index contributed by atoms with van der Waals surface area (Å²) < 4.78 is 0. The molecule has 0 bridgehead atoms. The summed E-state index contributed by atoms with van der Waals surface area (Å²) in [5.74, 6) is -1.77. The third kappa shape index (κ3) is 3.95. The van der Waals surface area contributed by atoms with Crippen molar-refractivity contribution in [3.63, 3.8) is 0 Å². The Hall–Kier alpha value is -2.64. The van der Waals surface area contributed by atoms with Crippen LogP contribution in [0.5, 0.6) is 0 Å². The topological polar surface area (TPSA) is 150 Å². The molecule has 2 saturated heterocycles. The average Bonchev–Trinajstić information content (AvgIpc) is 3.46. The molecule has 1 aromatic heterocycles.